The first kappa shape index (κ1) is 12.0. The van der Waals surface area contributed by atoms with Crippen LogP contribution in [0, 0.1) is 0 Å². The summed E-state index contributed by atoms with van der Waals surface area (Å²) in [7, 11) is 0. The molecule has 84 valence electrons. The molecule has 0 bridgehead atoms. The number of carboxylic acid groups (broad SMARTS) is 1. The highest BCUT2D eigenvalue weighted by molar-refractivity contribution is 7.12. The van der Waals surface area contributed by atoms with E-state index >= 15 is 0 Å². The lowest BCUT2D eigenvalue weighted by Gasteiger charge is -2.05. The number of aliphatic hydroxyl groups excluding tert-OH is 1. The number of carboxylic acids is 1. The van der Waals surface area contributed by atoms with E-state index in [1.807, 2.05) is 0 Å². The molecule has 1 rings (SSSR count). The van der Waals surface area contributed by atoms with Crippen LogP contribution in [0.1, 0.15) is 9.67 Å². The monoisotopic (exact) mass is 232 g/mol. The molecule has 0 aliphatic carbocycles. The quantitative estimate of drug-likeness (QED) is 0.681. The van der Waals surface area contributed by atoms with Crippen molar-refractivity contribution in [1.29, 1.82) is 0 Å². The molecular weight excluding hydrogens is 220 g/mol. The van der Waals surface area contributed by atoms with Gasteiger partial charge in [-0.05, 0) is 11.4 Å². The highest BCUT2D eigenvalue weighted by Crippen LogP contribution is 2.24. The number of aromatic carboxylic acids is 1. The Kier molecular flexibility index (Phi) is 5.09. The molecule has 0 atom stereocenters. The third-order valence-electron chi connectivity index (χ3n) is 1.54. The van der Waals surface area contributed by atoms with Gasteiger partial charge in [-0.3, -0.25) is 0 Å². The van der Waals surface area contributed by atoms with E-state index in [9.17, 15) is 4.79 Å². The van der Waals surface area contributed by atoms with Gasteiger partial charge in [0.15, 0.2) is 4.88 Å². The number of thiophene rings is 1. The summed E-state index contributed by atoms with van der Waals surface area (Å²) in [6.07, 6.45) is 0. The molecule has 1 heterocycles. The number of ether oxygens (including phenoxy) is 2. The van der Waals surface area contributed by atoms with Crippen molar-refractivity contribution < 1.29 is 24.5 Å². The fraction of sp³-hybridized carbons (Fsp3) is 0.444. The maximum atomic E-state index is 10.7. The van der Waals surface area contributed by atoms with Crippen LogP contribution in [0.3, 0.4) is 0 Å². The molecule has 0 aromatic carbocycles. The summed E-state index contributed by atoms with van der Waals surface area (Å²) in [6, 6.07) is 1.61. The highest BCUT2D eigenvalue weighted by atomic mass is 32.1. The second-order valence-electron chi connectivity index (χ2n) is 2.60. The first-order valence-corrected chi connectivity index (χ1v) is 5.26. The molecule has 0 unspecified atom stereocenters. The molecule has 0 spiro atoms. The summed E-state index contributed by atoms with van der Waals surface area (Å²) in [5, 5.41) is 18.8. The summed E-state index contributed by atoms with van der Waals surface area (Å²) < 4.78 is 10.2. The van der Waals surface area contributed by atoms with E-state index < -0.39 is 5.97 Å². The maximum absolute atomic E-state index is 10.7. The van der Waals surface area contributed by atoms with Crippen LogP contribution in [0.4, 0.5) is 0 Å². The van der Waals surface area contributed by atoms with Crippen molar-refractivity contribution in [2.24, 2.45) is 0 Å². The van der Waals surface area contributed by atoms with Crippen molar-refractivity contribution in [2.45, 2.75) is 0 Å². The van der Waals surface area contributed by atoms with Crippen LogP contribution in [0.15, 0.2) is 11.4 Å². The van der Waals surface area contributed by atoms with Crippen LogP contribution >= 0.6 is 11.3 Å². The minimum absolute atomic E-state index is 0.0289. The number of aliphatic hydroxyl groups is 1. The molecule has 0 aliphatic rings. The Balaban J connectivity index is 2.31. The Morgan fingerprint density at radius 3 is 2.87 bits per heavy atom. The van der Waals surface area contributed by atoms with E-state index in [4.69, 9.17) is 19.7 Å². The fourth-order valence-electron chi connectivity index (χ4n) is 0.944. The average Bonchev–Trinajstić information content (AvgIpc) is 2.66. The van der Waals surface area contributed by atoms with Gasteiger partial charge in [0.05, 0.1) is 19.8 Å². The van der Waals surface area contributed by atoms with Crippen LogP contribution in [-0.4, -0.2) is 42.6 Å². The van der Waals surface area contributed by atoms with Gasteiger partial charge in [-0.15, -0.1) is 11.3 Å². The van der Waals surface area contributed by atoms with Gasteiger partial charge >= 0.3 is 5.97 Å². The molecule has 0 amide bonds. The van der Waals surface area contributed by atoms with Gasteiger partial charge in [0.1, 0.15) is 12.4 Å². The normalized spacial score (nSPS) is 10.2. The van der Waals surface area contributed by atoms with Crippen molar-refractivity contribution >= 4 is 17.3 Å². The molecule has 2 N–H and O–H groups in total. The molecule has 15 heavy (non-hydrogen) atoms. The topological polar surface area (TPSA) is 76.0 Å². The lowest BCUT2D eigenvalue weighted by atomic mass is 10.4. The summed E-state index contributed by atoms with van der Waals surface area (Å²) in [5.74, 6) is -0.628. The van der Waals surface area contributed by atoms with Crippen molar-refractivity contribution in [1.82, 2.24) is 0 Å². The zero-order valence-electron chi connectivity index (χ0n) is 8.01. The molecule has 0 fully saturated rings. The van der Waals surface area contributed by atoms with Crippen molar-refractivity contribution in [3.8, 4) is 5.75 Å². The number of carbonyl (C=O) groups is 1. The number of rotatable bonds is 7. The van der Waals surface area contributed by atoms with E-state index in [1.165, 1.54) is 0 Å². The van der Waals surface area contributed by atoms with Gasteiger partial charge in [0, 0.05) is 0 Å². The highest BCUT2D eigenvalue weighted by Gasteiger charge is 2.12. The average molecular weight is 232 g/mol. The number of hydrogen-bond donors (Lipinski definition) is 2. The number of hydrogen-bond acceptors (Lipinski definition) is 5. The molecule has 1 aromatic heterocycles. The second-order valence-corrected chi connectivity index (χ2v) is 3.52. The summed E-state index contributed by atoms with van der Waals surface area (Å²) in [6.45, 7) is 0.837. The van der Waals surface area contributed by atoms with Crippen LogP contribution in [0.2, 0.25) is 0 Å². The van der Waals surface area contributed by atoms with E-state index in [2.05, 4.69) is 0 Å². The van der Waals surface area contributed by atoms with Crippen LogP contribution in [-0.2, 0) is 4.74 Å². The Morgan fingerprint density at radius 2 is 2.20 bits per heavy atom. The lowest BCUT2D eigenvalue weighted by molar-refractivity contribution is 0.0662. The smallest absolute Gasteiger partial charge is 0.349 e. The van der Waals surface area contributed by atoms with Gasteiger partial charge in [0.2, 0.25) is 0 Å². The van der Waals surface area contributed by atoms with Crippen molar-refractivity contribution in [3.63, 3.8) is 0 Å². The van der Waals surface area contributed by atoms with Gasteiger partial charge < -0.3 is 19.7 Å². The van der Waals surface area contributed by atoms with Crippen LogP contribution in [0.5, 0.6) is 5.75 Å². The molecular formula is C9H12O5S. The molecule has 0 aliphatic heterocycles. The minimum atomic E-state index is -0.990. The van der Waals surface area contributed by atoms with Gasteiger partial charge in [-0.25, -0.2) is 4.79 Å². The fourth-order valence-corrected chi connectivity index (χ4v) is 1.62. The zero-order valence-corrected chi connectivity index (χ0v) is 8.83. The van der Waals surface area contributed by atoms with Gasteiger partial charge in [0.25, 0.3) is 0 Å². The maximum Gasteiger partial charge on any atom is 0.349 e. The molecule has 0 saturated heterocycles. The molecule has 1 aromatic rings. The third-order valence-corrected chi connectivity index (χ3v) is 2.43. The predicted molar refractivity (Wildman–Crippen MR) is 54.7 cm³/mol. The van der Waals surface area contributed by atoms with Gasteiger partial charge in [-0.1, -0.05) is 0 Å². The Labute approximate surface area is 90.9 Å². The first-order chi connectivity index (χ1) is 7.25. The summed E-state index contributed by atoms with van der Waals surface area (Å²) >= 11 is 1.12. The lowest BCUT2D eigenvalue weighted by Crippen LogP contribution is -2.10. The molecule has 0 saturated carbocycles. The van der Waals surface area contributed by atoms with E-state index in [0.717, 1.165) is 11.3 Å². The SMILES string of the molecule is O=C(O)c1sccc1OCCOCCO. The van der Waals surface area contributed by atoms with E-state index in [-0.39, 0.29) is 24.7 Å². The van der Waals surface area contributed by atoms with Crippen molar-refractivity contribution in [2.75, 3.05) is 26.4 Å². The molecule has 0 radical (unpaired) electrons. The molecule has 5 nitrogen and oxygen atoms in total. The Bertz CT molecular complexity index is 309. The summed E-state index contributed by atoms with van der Waals surface area (Å²) in [4.78, 5) is 10.9. The third kappa shape index (κ3) is 3.86. The van der Waals surface area contributed by atoms with Crippen LogP contribution < -0.4 is 4.74 Å². The Morgan fingerprint density at radius 1 is 1.40 bits per heavy atom. The standard InChI is InChI=1S/C9H12O5S/c10-2-3-13-4-5-14-7-1-6-15-8(7)9(11)12/h1,6,10H,2-5H2,(H,11,12). The summed E-state index contributed by atoms with van der Waals surface area (Å²) in [5.41, 5.74) is 0. The van der Waals surface area contributed by atoms with E-state index in [1.54, 1.807) is 11.4 Å². The zero-order chi connectivity index (χ0) is 11.1. The predicted octanol–water partition coefficient (Wildman–Crippen LogP) is 0.834. The Hall–Kier alpha value is -1.11. The minimum Gasteiger partial charge on any atom is -0.489 e. The van der Waals surface area contributed by atoms with E-state index in [0.29, 0.717) is 12.4 Å². The first-order valence-electron chi connectivity index (χ1n) is 4.38. The van der Waals surface area contributed by atoms with Crippen molar-refractivity contribution in [3.05, 3.63) is 16.3 Å². The van der Waals surface area contributed by atoms with Crippen LogP contribution in [0.25, 0.3) is 0 Å². The van der Waals surface area contributed by atoms with Gasteiger partial charge in [-0.2, -0.15) is 0 Å². The second kappa shape index (κ2) is 6.39. The molecule has 6 heteroatoms. The largest absolute Gasteiger partial charge is 0.489 e.